The average molecular weight is 629 g/mol. The highest BCUT2D eigenvalue weighted by Crippen LogP contribution is 2.30. The molecule has 2 N–H and O–H groups in total. The highest BCUT2D eigenvalue weighted by Gasteiger charge is 2.14. The molecule has 3 heterocycles. The monoisotopic (exact) mass is 628 g/mol. The van der Waals surface area contributed by atoms with E-state index < -0.39 is 5.82 Å². The number of hydrogen-bond acceptors (Lipinski definition) is 9. The van der Waals surface area contributed by atoms with Crippen LogP contribution < -0.4 is 20.4 Å². The predicted molar refractivity (Wildman–Crippen MR) is 176 cm³/mol. The van der Waals surface area contributed by atoms with Crippen LogP contribution in [0.25, 0.3) is 0 Å². The minimum absolute atomic E-state index is 0.0324. The van der Waals surface area contributed by atoms with Crippen LogP contribution in [0.2, 0.25) is 0 Å². The van der Waals surface area contributed by atoms with Gasteiger partial charge >= 0.3 is 0 Å². The third kappa shape index (κ3) is 8.72. The summed E-state index contributed by atoms with van der Waals surface area (Å²) < 4.78 is 25.6. The van der Waals surface area contributed by atoms with E-state index in [4.69, 9.17) is 9.47 Å². The van der Waals surface area contributed by atoms with Gasteiger partial charge < -0.3 is 29.9 Å². The number of benzene rings is 3. The van der Waals surface area contributed by atoms with Crippen molar-refractivity contribution in [1.82, 2.24) is 9.97 Å². The summed E-state index contributed by atoms with van der Waals surface area (Å²) in [6.45, 7) is 6.41. The number of morpholine rings is 2. The lowest BCUT2D eigenvalue weighted by atomic mass is 10.1. The number of aryl methyl sites for hydroxylation is 1. The minimum atomic E-state index is -0.500. The molecule has 0 aliphatic carbocycles. The zero-order valence-electron chi connectivity index (χ0n) is 25.1. The molecular formula is C34H37FN6O3S. The van der Waals surface area contributed by atoms with Gasteiger partial charge in [0, 0.05) is 60.2 Å². The van der Waals surface area contributed by atoms with Gasteiger partial charge in [0.05, 0.1) is 32.6 Å². The van der Waals surface area contributed by atoms with Gasteiger partial charge in [0.25, 0.3) is 0 Å². The van der Waals surface area contributed by atoms with Crippen LogP contribution in [0.1, 0.15) is 18.4 Å². The topological polar surface area (TPSA) is 91.8 Å². The van der Waals surface area contributed by atoms with Crippen molar-refractivity contribution in [1.29, 1.82) is 0 Å². The minimum Gasteiger partial charge on any atom is -0.378 e. The number of anilines is 5. The van der Waals surface area contributed by atoms with Crippen LogP contribution >= 0.6 is 11.8 Å². The van der Waals surface area contributed by atoms with Crippen molar-refractivity contribution in [2.45, 2.75) is 29.2 Å². The molecule has 2 saturated heterocycles. The molecule has 0 saturated carbocycles. The number of nitrogens with one attached hydrogen (secondary N) is 2. The molecule has 234 valence electrons. The number of nitrogens with zero attached hydrogens (tertiary/aromatic N) is 4. The zero-order valence-corrected chi connectivity index (χ0v) is 25.9. The van der Waals surface area contributed by atoms with Crippen molar-refractivity contribution in [3.63, 3.8) is 0 Å². The van der Waals surface area contributed by atoms with Gasteiger partial charge in [-0.25, -0.2) is 14.4 Å². The van der Waals surface area contributed by atoms with Crippen molar-refractivity contribution in [2.24, 2.45) is 0 Å². The Balaban J connectivity index is 0.990. The smallest absolute Gasteiger partial charge is 0.228 e. The zero-order chi connectivity index (χ0) is 30.8. The van der Waals surface area contributed by atoms with Gasteiger partial charge in [-0.3, -0.25) is 4.79 Å². The van der Waals surface area contributed by atoms with Gasteiger partial charge in [-0.1, -0.05) is 30.0 Å². The van der Waals surface area contributed by atoms with Crippen LogP contribution in [0.3, 0.4) is 0 Å². The number of rotatable bonds is 11. The summed E-state index contributed by atoms with van der Waals surface area (Å²) in [7, 11) is 0. The maximum absolute atomic E-state index is 14.7. The Morgan fingerprint density at radius 3 is 2.22 bits per heavy atom. The average Bonchev–Trinajstić information content (AvgIpc) is 3.08. The van der Waals surface area contributed by atoms with Gasteiger partial charge in [0.15, 0.2) is 5.82 Å². The molecule has 1 amide bonds. The normalized spacial score (nSPS) is 15.1. The summed E-state index contributed by atoms with van der Waals surface area (Å²) in [6, 6.07) is 23.9. The quantitative estimate of drug-likeness (QED) is 0.190. The SMILES string of the molecule is O=C(CCCc1cccc(N2CCOCC2)c1)Nc1ccc(Sc2nc(Nc3cccc(N4CCOCC4)c3)ncc2F)cc1. The molecule has 1 aromatic heterocycles. The Kier molecular flexibility index (Phi) is 10.4. The number of aromatic nitrogens is 2. The van der Waals surface area contributed by atoms with E-state index in [1.165, 1.54) is 29.2 Å². The van der Waals surface area contributed by atoms with E-state index >= 15 is 0 Å². The van der Waals surface area contributed by atoms with Crippen LogP contribution in [0.15, 0.2) is 88.9 Å². The van der Waals surface area contributed by atoms with Crippen molar-refractivity contribution in [3.8, 4) is 0 Å². The molecular weight excluding hydrogens is 591 g/mol. The van der Waals surface area contributed by atoms with Gasteiger partial charge in [-0.15, -0.1) is 0 Å². The molecule has 0 radical (unpaired) electrons. The molecule has 0 spiro atoms. The first-order chi connectivity index (χ1) is 22.1. The Labute approximate surface area is 267 Å². The van der Waals surface area contributed by atoms with E-state index in [0.29, 0.717) is 31.3 Å². The standard InChI is InChI=1S/C34H37FN6O3S/c35-31-24-36-34(38-27-6-3-8-29(23-27)41-16-20-44-21-17-41)39-33(31)45-30-12-10-26(11-13-30)37-32(42)9-2-5-25-4-1-7-28(22-25)40-14-18-43-19-15-40/h1,3-4,6-8,10-13,22-24H,2,5,9,14-21H2,(H,37,42)(H,36,38,39). The van der Waals surface area contributed by atoms with Gasteiger partial charge in [-0.2, -0.15) is 0 Å². The molecule has 2 fully saturated rings. The van der Waals surface area contributed by atoms with E-state index in [0.717, 1.165) is 68.5 Å². The fourth-order valence-electron chi connectivity index (χ4n) is 5.34. The van der Waals surface area contributed by atoms with Crippen LogP contribution in [0.5, 0.6) is 0 Å². The fourth-order valence-corrected chi connectivity index (χ4v) is 6.12. The first-order valence-electron chi connectivity index (χ1n) is 15.3. The lowest BCUT2D eigenvalue weighted by Gasteiger charge is -2.29. The van der Waals surface area contributed by atoms with Gasteiger partial charge in [0.2, 0.25) is 11.9 Å². The maximum Gasteiger partial charge on any atom is 0.228 e. The summed E-state index contributed by atoms with van der Waals surface area (Å²) in [5.74, 6) is -0.217. The Morgan fingerprint density at radius 2 is 1.51 bits per heavy atom. The van der Waals surface area contributed by atoms with Crippen LogP contribution in [0, 0.1) is 5.82 Å². The first kappa shape index (κ1) is 30.8. The second kappa shape index (κ2) is 15.2. The second-order valence-electron chi connectivity index (χ2n) is 10.9. The third-order valence-electron chi connectivity index (χ3n) is 7.70. The molecule has 2 aliphatic heterocycles. The van der Waals surface area contributed by atoms with Crippen molar-refractivity contribution in [3.05, 3.63) is 90.4 Å². The van der Waals surface area contributed by atoms with Crippen molar-refractivity contribution in [2.75, 3.05) is 73.0 Å². The largest absolute Gasteiger partial charge is 0.378 e. The summed E-state index contributed by atoms with van der Waals surface area (Å²) in [5, 5.41) is 6.38. The molecule has 6 rings (SSSR count). The number of ether oxygens (including phenoxy) is 2. The molecule has 11 heteroatoms. The summed E-state index contributed by atoms with van der Waals surface area (Å²) in [6.07, 6.45) is 3.20. The Hall–Kier alpha value is -4.19. The predicted octanol–water partition coefficient (Wildman–Crippen LogP) is 6.15. The molecule has 2 aliphatic rings. The second-order valence-corrected chi connectivity index (χ2v) is 12.0. The summed E-state index contributed by atoms with van der Waals surface area (Å²) in [4.78, 5) is 26.6. The van der Waals surface area contributed by atoms with Crippen molar-refractivity contribution >= 4 is 46.4 Å². The molecule has 9 nitrogen and oxygen atoms in total. The number of carbonyl (C=O) groups excluding carboxylic acids is 1. The lowest BCUT2D eigenvalue weighted by Crippen LogP contribution is -2.36. The fraction of sp³-hybridized carbons (Fsp3) is 0.324. The molecule has 0 atom stereocenters. The highest BCUT2D eigenvalue weighted by atomic mass is 32.2. The van der Waals surface area contributed by atoms with Crippen molar-refractivity contribution < 1.29 is 18.7 Å². The third-order valence-corrected chi connectivity index (χ3v) is 8.69. The van der Waals surface area contributed by atoms with E-state index in [2.05, 4.69) is 60.7 Å². The maximum atomic E-state index is 14.7. The van der Waals surface area contributed by atoms with E-state index in [1.807, 2.05) is 42.5 Å². The van der Waals surface area contributed by atoms with Gasteiger partial charge in [-0.05, 0) is 73.0 Å². The molecule has 0 bridgehead atoms. The number of halogens is 1. The first-order valence-corrected chi connectivity index (χ1v) is 16.1. The molecule has 0 unspecified atom stereocenters. The Morgan fingerprint density at radius 1 is 0.844 bits per heavy atom. The van der Waals surface area contributed by atoms with Crippen LogP contribution in [0.4, 0.5) is 33.1 Å². The summed E-state index contributed by atoms with van der Waals surface area (Å²) in [5.41, 5.74) is 5.04. The highest BCUT2D eigenvalue weighted by molar-refractivity contribution is 7.99. The van der Waals surface area contributed by atoms with E-state index in [9.17, 15) is 9.18 Å². The van der Waals surface area contributed by atoms with Gasteiger partial charge in [0.1, 0.15) is 5.03 Å². The number of hydrogen-bond donors (Lipinski definition) is 2. The number of amides is 1. The Bertz CT molecular complexity index is 1580. The van der Waals surface area contributed by atoms with E-state index in [-0.39, 0.29) is 10.9 Å². The van der Waals surface area contributed by atoms with Crippen LogP contribution in [-0.4, -0.2) is 68.5 Å². The lowest BCUT2D eigenvalue weighted by molar-refractivity contribution is -0.116. The summed E-state index contributed by atoms with van der Waals surface area (Å²) >= 11 is 1.20. The molecule has 3 aromatic carbocycles. The number of carbonyl (C=O) groups is 1. The van der Waals surface area contributed by atoms with E-state index in [1.54, 1.807) is 0 Å². The molecule has 45 heavy (non-hydrogen) atoms. The molecule has 4 aromatic rings. The van der Waals surface area contributed by atoms with Crippen LogP contribution in [-0.2, 0) is 20.7 Å².